The third-order valence-corrected chi connectivity index (χ3v) is 4.83. The van der Waals surface area contributed by atoms with E-state index >= 15 is 0 Å². The van der Waals surface area contributed by atoms with Crippen LogP contribution in [-0.4, -0.2) is 47.3 Å². The van der Waals surface area contributed by atoms with Crippen LogP contribution in [0.3, 0.4) is 0 Å². The number of carbonyl (C=O) groups is 1. The molecule has 2 aromatic carbocycles. The highest BCUT2D eigenvalue weighted by molar-refractivity contribution is 5.92. The summed E-state index contributed by atoms with van der Waals surface area (Å²) in [6, 6.07) is 15.8. The number of nitrogens with zero attached hydrogens (tertiary/aromatic N) is 3. The number of carbonyl (C=O) groups excluding carboxylic acids is 1. The van der Waals surface area contributed by atoms with E-state index in [9.17, 15) is 9.18 Å². The van der Waals surface area contributed by atoms with Crippen molar-refractivity contribution in [1.82, 2.24) is 14.7 Å². The van der Waals surface area contributed by atoms with Crippen LogP contribution < -0.4 is 10.1 Å². The lowest BCUT2D eigenvalue weighted by molar-refractivity contribution is -0.116. The lowest BCUT2D eigenvalue weighted by Crippen LogP contribution is -2.28. The summed E-state index contributed by atoms with van der Waals surface area (Å²) in [5.74, 6) is 0.286. The topological polar surface area (TPSA) is 59.4 Å². The van der Waals surface area contributed by atoms with Gasteiger partial charge in [0, 0.05) is 19.5 Å². The fourth-order valence-corrected chi connectivity index (χ4v) is 3.10. The van der Waals surface area contributed by atoms with Gasteiger partial charge in [-0.3, -0.25) is 4.79 Å². The highest BCUT2D eigenvalue weighted by Gasteiger charge is 2.15. The van der Waals surface area contributed by atoms with E-state index in [-0.39, 0.29) is 11.7 Å². The second kappa shape index (κ2) is 10.0. The Labute approximate surface area is 176 Å². The second-order valence-corrected chi connectivity index (χ2v) is 7.20. The van der Waals surface area contributed by atoms with Crippen molar-refractivity contribution in [2.75, 3.05) is 32.1 Å². The molecule has 3 aromatic rings. The first kappa shape index (κ1) is 21.5. The number of hydrogen-bond acceptors (Lipinski definition) is 4. The molecule has 0 saturated carbocycles. The van der Waals surface area contributed by atoms with E-state index in [1.54, 1.807) is 12.1 Å². The fourth-order valence-electron chi connectivity index (χ4n) is 3.10. The quantitative estimate of drug-likeness (QED) is 0.580. The van der Waals surface area contributed by atoms with Crippen molar-refractivity contribution in [3.05, 3.63) is 71.8 Å². The summed E-state index contributed by atoms with van der Waals surface area (Å²) < 4.78 is 20.3. The number of ether oxygens (including phenoxy) is 1. The van der Waals surface area contributed by atoms with Gasteiger partial charge in [0.05, 0.1) is 22.8 Å². The van der Waals surface area contributed by atoms with Gasteiger partial charge in [-0.25, -0.2) is 9.07 Å². The van der Waals surface area contributed by atoms with E-state index in [0.717, 1.165) is 22.8 Å². The molecule has 7 heteroatoms. The number of benzene rings is 2. The minimum atomic E-state index is -0.287. The van der Waals surface area contributed by atoms with Crippen molar-refractivity contribution in [3.63, 3.8) is 0 Å². The van der Waals surface area contributed by atoms with Gasteiger partial charge in [-0.1, -0.05) is 18.2 Å². The lowest BCUT2D eigenvalue weighted by Gasteiger charge is -2.17. The zero-order chi connectivity index (χ0) is 21.5. The molecule has 0 aliphatic rings. The molecule has 0 atom stereocenters. The van der Waals surface area contributed by atoms with Crippen molar-refractivity contribution in [2.45, 2.75) is 20.3 Å². The van der Waals surface area contributed by atoms with E-state index in [4.69, 9.17) is 4.74 Å². The van der Waals surface area contributed by atoms with Crippen LogP contribution in [-0.2, 0) is 4.79 Å². The number of amides is 1. The highest BCUT2D eigenvalue weighted by atomic mass is 19.1. The first-order valence-corrected chi connectivity index (χ1v) is 9.92. The normalized spacial score (nSPS) is 11.0. The Morgan fingerprint density at radius 1 is 1.10 bits per heavy atom. The third-order valence-electron chi connectivity index (χ3n) is 4.83. The van der Waals surface area contributed by atoms with Gasteiger partial charge in [-0.15, -0.1) is 0 Å². The molecule has 0 saturated heterocycles. The number of nitrogens with one attached hydrogen (secondary N) is 1. The summed E-state index contributed by atoms with van der Waals surface area (Å²) in [6.07, 6.45) is 0.364. The van der Waals surface area contributed by atoms with Gasteiger partial charge in [0.1, 0.15) is 18.2 Å². The van der Waals surface area contributed by atoms with Crippen LogP contribution in [0.1, 0.15) is 17.8 Å². The Bertz CT molecular complexity index is 971. The van der Waals surface area contributed by atoms with Gasteiger partial charge in [0.25, 0.3) is 0 Å². The first-order chi connectivity index (χ1) is 14.4. The SMILES string of the molecule is Cc1nn(-c2ccccc2)c(C)c1NC(=O)CCN(C)CCOc1ccc(F)cc1. The molecule has 0 radical (unpaired) electrons. The number of anilines is 1. The molecular formula is C23H27FN4O2. The molecule has 0 fully saturated rings. The number of hydrogen-bond donors (Lipinski definition) is 1. The van der Waals surface area contributed by atoms with Crippen molar-refractivity contribution < 1.29 is 13.9 Å². The van der Waals surface area contributed by atoms with Crippen LogP contribution in [0.5, 0.6) is 5.75 Å². The molecule has 0 spiro atoms. The molecular weight excluding hydrogens is 383 g/mol. The molecule has 158 valence electrons. The number of likely N-dealkylation sites (N-methyl/N-ethyl adjacent to an activating group) is 1. The van der Waals surface area contributed by atoms with Gasteiger partial charge in [-0.05, 0) is 57.3 Å². The van der Waals surface area contributed by atoms with Crippen LogP contribution in [0.4, 0.5) is 10.1 Å². The summed E-state index contributed by atoms with van der Waals surface area (Å²) in [6.45, 7) is 5.56. The van der Waals surface area contributed by atoms with Gasteiger partial charge in [0.2, 0.25) is 5.91 Å². The largest absolute Gasteiger partial charge is 0.492 e. The molecule has 1 amide bonds. The predicted molar refractivity (Wildman–Crippen MR) is 116 cm³/mol. The number of aromatic nitrogens is 2. The van der Waals surface area contributed by atoms with E-state index < -0.39 is 0 Å². The first-order valence-electron chi connectivity index (χ1n) is 9.92. The predicted octanol–water partition coefficient (Wildman–Crippen LogP) is 3.97. The monoisotopic (exact) mass is 410 g/mol. The average Bonchev–Trinajstić information content (AvgIpc) is 3.02. The van der Waals surface area contributed by atoms with Crippen LogP contribution in [0, 0.1) is 19.7 Å². The average molecular weight is 410 g/mol. The van der Waals surface area contributed by atoms with Crippen molar-refractivity contribution >= 4 is 11.6 Å². The summed E-state index contributed by atoms with van der Waals surface area (Å²) in [5, 5.41) is 7.55. The minimum Gasteiger partial charge on any atom is -0.492 e. The molecule has 1 N–H and O–H groups in total. The fraction of sp³-hybridized carbons (Fsp3) is 0.304. The maximum atomic E-state index is 12.9. The summed E-state index contributed by atoms with van der Waals surface area (Å²) in [7, 11) is 1.94. The molecule has 0 aliphatic heterocycles. The molecule has 1 heterocycles. The second-order valence-electron chi connectivity index (χ2n) is 7.20. The molecule has 0 bridgehead atoms. The van der Waals surface area contributed by atoms with E-state index in [2.05, 4.69) is 10.4 Å². The zero-order valence-corrected chi connectivity index (χ0v) is 17.6. The van der Waals surface area contributed by atoms with Crippen molar-refractivity contribution in [1.29, 1.82) is 0 Å². The Morgan fingerprint density at radius 3 is 2.50 bits per heavy atom. The van der Waals surface area contributed by atoms with E-state index in [1.165, 1.54) is 12.1 Å². The lowest BCUT2D eigenvalue weighted by atomic mass is 10.2. The van der Waals surface area contributed by atoms with Crippen molar-refractivity contribution in [2.24, 2.45) is 0 Å². The Balaban J connectivity index is 1.46. The zero-order valence-electron chi connectivity index (χ0n) is 17.6. The summed E-state index contributed by atoms with van der Waals surface area (Å²) in [5.41, 5.74) is 3.39. The highest BCUT2D eigenvalue weighted by Crippen LogP contribution is 2.22. The van der Waals surface area contributed by atoms with Gasteiger partial charge < -0.3 is 15.0 Å². The maximum absolute atomic E-state index is 12.9. The maximum Gasteiger partial charge on any atom is 0.225 e. The van der Waals surface area contributed by atoms with E-state index in [1.807, 2.05) is 60.8 Å². The van der Waals surface area contributed by atoms with Crippen molar-refractivity contribution in [3.8, 4) is 11.4 Å². The Kier molecular flexibility index (Phi) is 7.19. The smallest absolute Gasteiger partial charge is 0.225 e. The molecule has 30 heavy (non-hydrogen) atoms. The van der Waals surface area contributed by atoms with Crippen LogP contribution in [0.2, 0.25) is 0 Å². The standard InChI is InChI=1S/C23H27FN4O2/c1-17-23(18(2)28(26-17)20-7-5-4-6-8-20)25-22(29)13-14-27(3)15-16-30-21-11-9-19(24)10-12-21/h4-12H,13-16H2,1-3H3,(H,25,29). The van der Waals surface area contributed by atoms with E-state index in [0.29, 0.717) is 31.9 Å². The number of rotatable bonds is 9. The third kappa shape index (κ3) is 5.67. The Morgan fingerprint density at radius 2 is 1.80 bits per heavy atom. The van der Waals surface area contributed by atoms with Crippen LogP contribution >= 0.6 is 0 Å². The molecule has 1 aromatic heterocycles. The number of halogens is 1. The molecule has 6 nitrogen and oxygen atoms in total. The molecule has 0 aliphatic carbocycles. The van der Waals surface area contributed by atoms with Crippen LogP contribution in [0.25, 0.3) is 5.69 Å². The van der Waals surface area contributed by atoms with Crippen LogP contribution in [0.15, 0.2) is 54.6 Å². The van der Waals surface area contributed by atoms with Gasteiger partial charge >= 0.3 is 0 Å². The summed E-state index contributed by atoms with van der Waals surface area (Å²) >= 11 is 0. The number of aryl methyl sites for hydroxylation is 1. The summed E-state index contributed by atoms with van der Waals surface area (Å²) in [4.78, 5) is 14.5. The van der Waals surface area contributed by atoms with Gasteiger partial charge in [0.15, 0.2) is 0 Å². The Hall–Kier alpha value is -3.19. The number of para-hydroxylation sites is 1. The minimum absolute atomic E-state index is 0.0554. The van der Waals surface area contributed by atoms with Gasteiger partial charge in [-0.2, -0.15) is 5.10 Å². The molecule has 0 unspecified atom stereocenters. The molecule has 3 rings (SSSR count).